The number of imidazole rings is 1. The van der Waals surface area contributed by atoms with Crippen LogP contribution in [0.25, 0.3) is 11.0 Å². The largest absolute Gasteiger partial charge is 0.379 e. The van der Waals surface area contributed by atoms with Crippen molar-refractivity contribution in [2.75, 3.05) is 32.8 Å². The van der Waals surface area contributed by atoms with E-state index in [9.17, 15) is 0 Å². The number of fused-ring (bicyclic) bond motifs is 1. The van der Waals surface area contributed by atoms with Gasteiger partial charge in [0.2, 0.25) is 0 Å². The van der Waals surface area contributed by atoms with Gasteiger partial charge in [0, 0.05) is 26.2 Å². The van der Waals surface area contributed by atoms with Crippen LogP contribution < -0.4 is 0 Å². The Kier molecular flexibility index (Phi) is 4.48. The second-order valence-electron chi connectivity index (χ2n) is 5.68. The van der Waals surface area contributed by atoms with Gasteiger partial charge in [0.05, 0.1) is 29.6 Å². The van der Waals surface area contributed by atoms with Crippen LogP contribution in [0, 0.1) is 6.92 Å². The maximum Gasteiger partial charge on any atom is 0.127 e. The zero-order valence-electron chi connectivity index (χ0n) is 12.7. The van der Waals surface area contributed by atoms with E-state index in [1.54, 1.807) is 0 Å². The summed E-state index contributed by atoms with van der Waals surface area (Å²) in [5.41, 5.74) is 3.47. The molecule has 1 aliphatic heterocycles. The van der Waals surface area contributed by atoms with Crippen LogP contribution in [0.1, 0.15) is 23.7 Å². The molecule has 1 aromatic carbocycles. The van der Waals surface area contributed by atoms with Crippen molar-refractivity contribution in [3.63, 3.8) is 0 Å². The van der Waals surface area contributed by atoms with Crippen molar-refractivity contribution in [2.24, 2.45) is 0 Å². The Balaban J connectivity index is 1.87. The average molecular weight is 308 g/mol. The van der Waals surface area contributed by atoms with Gasteiger partial charge >= 0.3 is 0 Å². The Morgan fingerprint density at radius 1 is 1.29 bits per heavy atom. The van der Waals surface area contributed by atoms with E-state index in [1.165, 1.54) is 11.1 Å². The highest BCUT2D eigenvalue weighted by Crippen LogP contribution is 2.25. The smallest absolute Gasteiger partial charge is 0.127 e. The maximum atomic E-state index is 6.32. The topological polar surface area (TPSA) is 30.3 Å². The number of hydrogen-bond donors (Lipinski definition) is 0. The van der Waals surface area contributed by atoms with Gasteiger partial charge in [0.25, 0.3) is 0 Å². The molecule has 1 aromatic heterocycles. The minimum absolute atomic E-state index is 0.0811. The molecule has 1 atom stereocenters. The van der Waals surface area contributed by atoms with Crippen molar-refractivity contribution in [1.82, 2.24) is 14.5 Å². The molecule has 0 aliphatic carbocycles. The van der Waals surface area contributed by atoms with Crippen molar-refractivity contribution in [2.45, 2.75) is 25.8 Å². The molecule has 0 N–H and O–H groups in total. The molecule has 1 unspecified atom stereocenters. The third-order valence-corrected chi connectivity index (χ3v) is 4.23. The first-order valence-electron chi connectivity index (χ1n) is 7.56. The van der Waals surface area contributed by atoms with E-state index in [2.05, 4.69) is 34.6 Å². The van der Waals surface area contributed by atoms with Gasteiger partial charge in [-0.2, -0.15) is 0 Å². The Morgan fingerprint density at radius 2 is 2.05 bits per heavy atom. The number of nitrogens with zero attached hydrogens (tertiary/aromatic N) is 3. The predicted octanol–water partition coefficient (Wildman–Crippen LogP) is 2.98. The van der Waals surface area contributed by atoms with Gasteiger partial charge < -0.3 is 9.30 Å². The third-order valence-electron chi connectivity index (χ3n) is 4.03. The van der Waals surface area contributed by atoms with Crippen LogP contribution in [0.4, 0.5) is 0 Å². The van der Waals surface area contributed by atoms with Crippen molar-refractivity contribution in [3.05, 3.63) is 29.6 Å². The molecule has 2 heterocycles. The molecule has 114 valence electrons. The second-order valence-corrected chi connectivity index (χ2v) is 6.34. The van der Waals surface area contributed by atoms with Crippen LogP contribution in [0.15, 0.2) is 18.2 Å². The first-order valence-corrected chi connectivity index (χ1v) is 8.00. The zero-order valence-corrected chi connectivity index (χ0v) is 13.4. The van der Waals surface area contributed by atoms with Crippen LogP contribution in [-0.2, 0) is 11.3 Å². The molecule has 4 nitrogen and oxygen atoms in total. The lowest BCUT2D eigenvalue weighted by atomic mass is 10.2. The number of morpholine rings is 1. The van der Waals surface area contributed by atoms with Crippen LogP contribution in [0.5, 0.6) is 0 Å². The summed E-state index contributed by atoms with van der Waals surface area (Å²) in [4.78, 5) is 7.14. The van der Waals surface area contributed by atoms with Crippen LogP contribution in [0.3, 0.4) is 0 Å². The number of halogens is 1. The zero-order chi connectivity index (χ0) is 14.8. The number of aromatic nitrogens is 2. The Morgan fingerprint density at radius 3 is 2.76 bits per heavy atom. The molecule has 5 heteroatoms. The van der Waals surface area contributed by atoms with Gasteiger partial charge in [-0.1, -0.05) is 6.07 Å². The lowest BCUT2D eigenvalue weighted by molar-refractivity contribution is 0.0364. The Bertz CT molecular complexity index is 617. The van der Waals surface area contributed by atoms with E-state index in [0.717, 1.165) is 50.7 Å². The number of benzene rings is 1. The molecule has 21 heavy (non-hydrogen) atoms. The Labute approximate surface area is 130 Å². The molecule has 3 rings (SSSR count). The molecule has 2 aromatic rings. The lowest BCUT2D eigenvalue weighted by Crippen LogP contribution is -2.38. The normalized spacial score (nSPS) is 18.2. The van der Waals surface area contributed by atoms with E-state index in [4.69, 9.17) is 21.3 Å². The maximum absolute atomic E-state index is 6.32. The van der Waals surface area contributed by atoms with Gasteiger partial charge in [-0.3, -0.25) is 4.90 Å². The van der Waals surface area contributed by atoms with Gasteiger partial charge in [0.15, 0.2) is 0 Å². The minimum Gasteiger partial charge on any atom is -0.379 e. The third kappa shape index (κ3) is 3.23. The highest BCUT2D eigenvalue weighted by molar-refractivity contribution is 6.20. The summed E-state index contributed by atoms with van der Waals surface area (Å²) in [6.07, 6.45) is 0. The first-order chi connectivity index (χ1) is 10.1. The molecule has 0 saturated carbocycles. The second kappa shape index (κ2) is 6.34. The average Bonchev–Trinajstić information content (AvgIpc) is 2.84. The van der Waals surface area contributed by atoms with Crippen molar-refractivity contribution < 1.29 is 4.74 Å². The fourth-order valence-corrected chi connectivity index (χ4v) is 3.02. The van der Waals surface area contributed by atoms with E-state index < -0.39 is 0 Å². The number of ether oxygens (including phenoxy) is 1. The van der Waals surface area contributed by atoms with Crippen LogP contribution >= 0.6 is 11.6 Å². The molecule has 1 saturated heterocycles. The monoisotopic (exact) mass is 307 g/mol. The molecule has 1 fully saturated rings. The number of aryl methyl sites for hydroxylation is 1. The lowest BCUT2D eigenvalue weighted by Gasteiger charge is -2.27. The molecule has 1 aliphatic rings. The van der Waals surface area contributed by atoms with E-state index in [0.29, 0.717) is 0 Å². The molecule has 0 amide bonds. The fraction of sp³-hybridized carbons (Fsp3) is 0.562. The number of rotatable bonds is 4. The summed E-state index contributed by atoms with van der Waals surface area (Å²) in [5, 5.41) is -0.0811. The SMILES string of the molecule is Cc1ccc2nc(C(C)Cl)n(CCN3CCOCC3)c2c1. The van der Waals surface area contributed by atoms with Crippen LogP contribution in [0.2, 0.25) is 0 Å². The molecular weight excluding hydrogens is 286 g/mol. The van der Waals surface area contributed by atoms with Crippen LogP contribution in [-0.4, -0.2) is 47.3 Å². The van der Waals surface area contributed by atoms with Gasteiger partial charge in [-0.15, -0.1) is 11.6 Å². The van der Waals surface area contributed by atoms with Gasteiger partial charge in [0.1, 0.15) is 5.82 Å². The van der Waals surface area contributed by atoms with E-state index in [1.807, 2.05) is 6.92 Å². The number of alkyl halides is 1. The summed E-state index contributed by atoms with van der Waals surface area (Å²) in [5.74, 6) is 0.963. The summed E-state index contributed by atoms with van der Waals surface area (Å²) < 4.78 is 7.68. The van der Waals surface area contributed by atoms with Gasteiger partial charge in [-0.05, 0) is 31.5 Å². The summed E-state index contributed by atoms with van der Waals surface area (Å²) in [7, 11) is 0. The fourth-order valence-electron chi connectivity index (χ4n) is 2.86. The van der Waals surface area contributed by atoms with E-state index >= 15 is 0 Å². The quantitative estimate of drug-likeness (QED) is 0.814. The van der Waals surface area contributed by atoms with E-state index in [-0.39, 0.29) is 5.38 Å². The highest BCUT2D eigenvalue weighted by atomic mass is 35.5. The summed E-state index contributed by atoms with van der Waals surface area (Å²) in [6, 6.07) is 6.38. The minimum atomic E-state index is -0.0811. The summed E-state index contributed by atoms with van der Waals surface area (Å²) in [6.45, 7) is 9.73. The highest BCUT2D eigenvalue weighted by Gasteiger charge is 2.16. The Hall–Kier alpha value is -1.10. The molecule has 0 radical (unpaired) electrons. The molecule has 0 bridgehead atoms. The number of hydrogen-bond acceptors (Lipinski definition) is 3. The molecule has 0 spiro atoms. The standard InChI is InChI=1S/C16H22ClN3O/c1-12-3-4-14-15(11-12)20(16(18-14)13(2)17)6-5-19-7-9-21-10-8-19/h3-4,11,13H,5-10H2,1-2H3. The molecular formula is C16H22ClN3O. The van der Waals surface area contributed by atoms with Crippen molar-refractivity contribution >= 4 is 22.6 Å². The van der Waals surface area contributed by atoms with Crippen molar-refractivity contribution in [1.29, 1.82) is 0 Å². The predicted molar refractivity (Wildman–Crippen MR) is 86.0 cm³/mol. The first kappa shape index (κ1) is 14.8. The summed E-state index contributed by atoms with van der Waals surface area (Å²) >= 11 is 6.32. The van der Waals surface area contributed by atoms with Gasteiger partial charge in [-0.25, -0.2) is 4.98 Å². The van der Waals surface area contributed by atoms with Crippen molar-refractivity contribution in [3.8, 4) is 0 Å².